The van der Waals surface area contributed by atoms with Gasteiger partial charge in [-0.3, -0.25) is 4.79 Å². The quantitative estimate of drug-likeness (QED) is 0.615. The summed E-state index contributed by atoms with van der Waals surface area (Å²) in [7, 11) is -0.778. The van der Waals surface area contributed by atoms with Crippen molar-refractivity contribution in [2.75, 3.05) is 39.2 Å². The summed E-state index contributed by atoms with van der Waals surface area (Å²) in [5.74, 6) is 0.589. The molecule has 2 aromatic carbocycles. The van der Waals surface area contributed by atoms with Crippen molar-refractivity contribution in [1.82, 2.24) is 4.31 Å². The fraction of sp³-hybridized carbons (Fsp3) is 0.409. The Labute approximate surface area is 193 Å². The van der Waals surface area contributed by atoms with Gasteiger partial charge in [-0.05, 0) is 44.0 Å². The zero-order valence-corrected chi connectivity index (χ0v) is 19.8. The van der Waals surface area contributed by atoms with Gasteiger partial charge in [0, 0.05) is 25.2 Å². The van der Waals surface area contributed by atoms with E-state index in [0.29, 0.717) is 54.0 Å². The number of sulfonamides is 1. The first-order valence-corrected chi connectivity index (χ1v) is 12.1. The van der Waals surface area contributed by atoms with Crippen LogP contribution < -0.4 is 19.5 Å². The van der Waals surface area contributed by atoms with Crippen LogP contribution in [0.4, 0.5) is 5.69 Å². The molecular formula is C22H27ClN2O6S. The third-order valence-corrected chi connectivity index (χ3v) is 7.43. The van der Waals surface area contributed by atoms with E-state index in [4.69, 9.17) is 25.8 Å². The number of hydrogen-bond acceptors (Lipinski definition) is 6. The summed E-state index contributed by atoms with van der Waals surface area (Å²) in [6.07, 6.45) is 1.16. The fourth-order valence-electron chi connectivity index (χ4n) is 3.59. The smallest absolute Gasteiger partial charge is 0.243 e. The van der Waals surface area contributed by atoms with Gasteiger partial charge in [0.2, 0.25) is 15.9 Å². The van der Waals surface area contributed by atoms with Crippen molar-refractivity contribution >= 4 is 33.2 Å². The van der Waals surface area contributed by atoms with Gasteiger partial charge in [-0.15, -0.1) is 0 Å². The molecule has 1 saturated heterocycles. The summed E-state index contributed by atoms with van der Waals surface area (Å²) in [5, 5.41) is 3.18. The van der Waals surface area contributed by atoms with Crippen LogP contribution >= 0.6 is 11.6 Å². The molecule has 10 heteroatoms. The summed E-state index contributed by atoms with van der Waals surface area (Å²) < 4.78 is 43.5. The minimum absolute atomic E-state index is 0.0917. The molecule has 0 spiro atoms. The van der Waals surface area contributed by atoms with Gasteiger partial charge in [-0.2, -0.15) is 4.31 Å². The highest BCUT2D eigenvalue weighted by Crippen LogP contribution is 2.36. The van der Waals surface area contributed by atoms with Crippen molar-refractivity contribution in [1.29, 1.82) is 0 Å². The van der Waals surface area contributed by atoms with Gasteiger partial charge in [0.1, 0.15) is 17.2 Å². The van der Waals surface area contributed by atoms with E-state index in [2.05, 4.69) is 5.32 Å². The summed E-state index contributed by atoms with van der Waals surface area (Å²) in [4.78, 5) is 13.1. The number of nitrogens with one attached hydrogen (secondary N) is 1. The number of anilines is 1. The second-order valence-electron chi connectivity index (χ2n) is 7.28. The maximum absolute atomic E-state index is 13.1. The van der Waals surface area contributed by atoms with Gasteiger partial charge in [-0.1, -0.05) is 11.6 Å². The van der Waals surface area contributed by atoms with E-state index in [0.717, 1.165) is 0 Å². The summed E-state index contributed by atoms with van der Waals surface area (Å²) in [6, 6.07) is 9.44. The van der Waals surface area contributed by atoms with E-state index in [1.807, 2.05) is 6.92 Å². The first kappa shape index (κ1) is 24.2. The molecule has 1 fully saturated rings. The van der Waals surface area contributed by atoms with Crippen molar-refractivity contribution in [3.8, 4) is 17.2 Å². The first-order valence-electron chi connectivity index (χ1n) is 10.3. The van der Waals surface area contributed by atoms with E-state index < -0.39 is 15.9 Å². The Morgan fingerprint density at radius 2 is 1.84 bits per heavy atom. The molecule has 1 heterocycles. The Morgan fingerprint density at radius 1 is 1.16 bits per heavy atom. The van der Waals surface area contributed by atoms with E-state index in [1.165, 1.54) is 30.7 Å². The van der Waals surface area contributed by atoms with Crippen LogP contribution in [-0.4, -0.2) is 52.5 Å². The van der Waals surface area contributed by atoms with Crippen molar-refractivity contribution in [2.45, 2.75) is 24.7 Å². The molecule has 0 unspecified atom stereocenters. The number of hydrogen-bond donors (Lipinski definition) is 1. The number of halogens is 1. The molecule has 8 nitrogen and oxygen atoms in total. The third-order valence-electron chi connectivity index (χ3n) is 5.26. The number of benzene rings is 2. The minimum Gasteiger partial charge on any atom is -0.495 e. The second-order valence-corrected chi connectivity index (χ2v) is 9.63. The van der Waals surface area contributed by atoms with Crippen LogP contribution in [0.1, 0.15) is 19.8 Å². The predicted molar refractivity (Wildman–Crippen MR) is 122 cm³/mol. The molecule has 1 amide bonds. The molecule has 0 saturated carbocycles. The highest BCUT2D eigenvalue weighted by Gasteiger charge is 2.33. The lowest BCUT2D eigenvalue weighted by atomic mass is 9.98. The predicted octanol–water partition coefficient (Wildman–Crippen LogP) is 3.80. The lowest BCUT2D eigenvalue weighted by molar-refractivity contribution is -0.120. The molecule has 1 aliphatic rings. The maximum Gasteiger partial charge on any atom is 0.243 e. The molecular weight excluding hydrogens is 456 g/mol. The Bertz CT molecular complexity index is 1060. The summed E-state index contributed by atoms with van der Waals surface area (Å²) >= 11 is 6.12. The molecule has 2 aromatic rings. The average Bonchev–Trinajstić information content (AvgIpc) is 2.80. The second kappa shape index (κ2) is 10.4. The van der Waals surface area contributed by atoms with Crippen LogP contribution in [0.15, 0.2) is 41.3 Å². The van der Waals surface area contributed by atoms with Gasteiger partial charge in [-0.25, -0.2) is 8.42 Å². The molecule has 32 heavy (non-hydrogen) atoms. The molecule has 0 bridgehead atoms. The van der Waals surface area contributed by atoms with Crippen LogP contribution in [0.5, 0.6) is 17.2 Å². The van der Waals surface area contributed by atoms with Crippen LogP contribution in [0, 0.1) is 5.92 Å². The monoisotopic (exact) mass is 482 g/mol. The van der Waals surface area contributed by atoms with Crippen LogP contribution in [0.2, 0.25) is 5.02 Å². The number of carbonyl (C=O) groups is 1. The largest absolute Gasteiger partial charge is 0.495 e. The topological polar surface area (TPSA) is 94.2 Å². The minimum atomic E-state index is -3.73. The van der Waals surface area contributed by atoms with E-state index in [-0.39, 0.29) is 17.3 Å². The van der Waals surface area contributed by atoms with Gasteiger partial charge in [0.05, 0.1) is 42.3 Å². The molecule has 0 aromatic heterocycles. The van der Waals surface area contributed by atoms with Crippen molar-refractivity contribution in [2.24, 2.45) is 5.92 Å². The zero-order valence-electron chi connectivity index (χ0n) is 18.3. The number of piperidine rings is 1. The summed E-state index contributed by atoms with van der Waals surface area (Å²) in [6.45, 7) is 2.81. The zero-order chi connectivity index (χ0) is 23.3. The molecule has 0 radical (unpaired) electrons. The Hall–Kier alpha value is -2.49. The standard InChI is InChI=1S/C22H27ClN2O6S/c1-4-31-16-7-9-17(10-8-16)32(27,28)25-11-5-6-15(14-25)22(26)24-19-13-20(29-2)18(23)12-21(19)30-3/h7-10,12-13,15H,4-6,11,14H2,1-3H3,(H,24,26)/t15-/m1/s1. The van der Waals surface area contributed by atoms with Crippen LogP contribution in [0.3, 0.4) is 0 Å². The van der Waals surface area contributed by atoms with E-state index in [1.54, 1.807) is 24.3 Å². The number of nitrogens with zero attached hydrogens (tertiary/aromatic N) is 1. The van der Waals surface area contributed by atoms with Gasteiger partial charge in [0.15, 0.2) is 0 Å². The summed E-state index contributed by atoms with van der Waals surface area (Å²) in [5.41, 5.74) is 0.408. The van der Waals surface area contributed by atoms with Crippen LogP contribution in [0.25, 0.3) is 0 Å². The number of ether oxygens (including phenoxy) is 3. The molecule has 1 aliphatic heterocycles. The first-order chi connectivity index (χ1) is 15.3. The van der Waals surface area contributed by atoms with Crippen molar-refractivity contribution < 1.29 is 27.4 Å². The fourth-order valence-corrected chi connectivity index (χ4v) is 5.35. The third kappa shape index (κ3) is 5.28. The highest BCUT2D eigenvalue weighted by molar-refractivity contribution is 7.89. The average molecular weight is 483 g/mol. The van der Waals surface area contributed by atoms with Gasteiger partial charge in [0.25, 0.3) is 0 Å². The van der Waals surface area contributed by atoms with E-state index in [9.17, 15) is 13.2 Å². The number of rotatable bonds is 8. The number of carbonyl (C=O) groups excluding carboxylic acids is 1. The SMILES string of the molecule is CCOc1ccc(S(=O)(=O)N2CCC[C@@H](C(=O)Nc3cc(OC)c(Cl)cc3OC)C2)cc1. The molecule has 0 aliphatic carbocycles. The maximum atomic E-state index is 13.1. The Kier molecular flexibility index (Phi) is 7.86. The lowest BCUT2D eigenvalue weighted by Gasteiger charge is -2.31. The molecule has 174 valence electrons. The van der Waals surface area contributed by atoms with Crippen LogP contribution in [-0.2, 0) is 14.8 Å². The lowest BCUT2D eigenvalue weighted by Crippen LogP contribution is -2.43. The normalized spacial score (nSPS) is 16.9. The Morgan fingerprint density at radius 3 is 2.47 bits per heavy atom. The molecule has 1 atom stereocenters. The van der Waals surface area contributed by atoms with Crippen molar-refractivity contribution in [3.63, 3.8) is 0 Å². The van der Waals surface area contributed by atoms with E-state index >= 15 is 0 Å². The number of methoxy groups -OCH3 is 2. The molecule has 3 rings (SSSR count). The van der Waals surface area contributed by atoms with Crippen molar-refractivity contribution in [3.05, 3.63) is 41.4 Å². The number of amides is 1. The molecule has 1 N–H and O–H groups in total. The van der Waals surface area contributed by atoms with Gasteiger partial charge >= 0.3 is 0 Å². The van der Waals surface area contributed by atoms with Gasteiger partial charge < -0.3 is 19.5 Å². The Balaban J connectivity index is 1.75. The highest BCUT2D eigenvalue weighted by atomic mass is 35.5.